The average molecular weight is 235 g/mol. The predicted octanol–water partition coefficient (Wildman–Crippen LogP) is 2.81. The summed E-state index contributed by atoms with van der Waals surface area (Å²) in [4.78, 5) is 11.7. The zero-order valence-corrected chi connectivity index (χ0v) is 9.87. The Morgan fingerprint density at radius 3 is 2.76 bits per heavy atom. The highest BCUT2D eigenvalue weighted by atomic mass is 19.1. The van der Waals surface area contributed by atoms with E-state index in [2.05, 4.69) is 0 Å². The van der Waals surface area contributed by atoms with E-state index in [4.69, 9.17) is 10.00 Å². The Morgan fingerprint density at radius 1 is 1.59 bits per heavy atom. The number of methoxy groups -OCH3 is 1. The number of carbonyl (C=O) groups excluding carboxylic acids is 1. The van der Waals surface area contributed by atoms with Crippen LogP contribution in [-0.4, -0.2) is 12.9 Å². The lowest BCUT2D eigenvalue weighted by Crippen LogP contribution is -2.10. The van der Waals surface area contributed by atoms with Crippen molar-refractivity contribution in [2.45, 2.75) is 25.7 Å². The molecule has 0 saturated carbocycles. The molecule has 1 aromatic rings. The molecule has 90 valence electrons. The molecular formula is C13H14FNO2. The lowest BCUT2D eigenvalue weighted by Gasteiger charge is -2.09. The van der Waals surface area contributed by atoms with E-state index in [1.54, 1.807) is 6.07 Å². The van der Waals surface area contributed by atoms with Crippen LogP contribution >= 0.6 is 0 Å². The molecule has 0 aliphatic rings. The lowest BCUT2D eigenvalue weighted by molar-refractivity contribution is -0.119. The van der Waals surface area contributed by atoms with E-state index < -0.39 is 11.7 Å². The van der Waals surface area contributed by atoms with Crippen LogP contribution in [0.1, 0.15) is 31.2 Å². The number of hydrogen-bond donors (Lipinski definition) is 0. The van der Waals surface area contributed by atoms with Crippen molar-refractivity contribution in [1.29, 1.82) is 5.26 Å². The third-order valence-corrected chi connectivity index (χ3v) is 2.46. The minimum Gasteiger partial charge on any atom is -0.494 e. The molecule has 0 aliphatic heterocycles. The summed E-state index contributed by atoms with van der Waals surface area (Å²) in [5, 5.41) is 8.97. The molecule has 0 spiro atoms. The van der Waals surface area contributed by atoms with Crippen LogP contribution in [0.25, 0.3) is 0 Å². The lowest BCUT2D eigenvalue weighted by atomic mass is 9.93. The van der Waals surface area contributed by atoms with Gasteiger partial charge in [0.15, 0.2) is 17.3 Å². The van der Waals surface area contributed by atoms with Crippen molar-refractivity contribution in [3.8, 4) is 11.8 Å². The molecule has 0 aliphatic carbocycles. The number of halogens is 1. The highest BCUT2D eigenvalue weighted by molar-refractivity contribution is 5.88. The van der Waals surface area contributed by atoms with Crippen molar-refractivity contribution in [3.63, 3.8) is 0 Å². The topological polar surface area (TPSA) is 50.1 Å². The molecule has 0 saturated heterocycles. The first-order valence-corrected chi connectivity index (χ1v) is 5.39. The van der Waals surface area contributed by atoms with E-state index >= 15 is 0 Å². The molecule has 0 aromatic heterocycles. The van der Waals surface area contributed by atoms with Crippen LogP contribution in [-0.2, 0) is 4.79 Å². The maximum atomic E-state index is 13.5. The van der Waals surface area contributed by atoms with Crippen LogP contribution in [0.2, 0.25) is 0 Å². The third kappa shape index (κ3) is 3.04. The van der Waals surface area contributed by atoms with Crippen molar-refractivity contribution in [2.24, 2.45) is 0 Å². The van der Waals surface area contributed by atoms with Gasteiger partial charge in [0.05, 0.1) is 13.2 Å². The van der Waals surface area contributed by atoms with Crippen LogP contribution in [0.3, 0.4) is 0 Å². The molecule has 1 unspecified atom stereocenters. The van der Waals surface area contributed by atoms with Crippen LogP contribution in [0.5, 0.6) is 5.75 Å². The van der Waals surface area contributed by atoms with Crippen LogP contribution in [0, 0.1) is 17.1 Å². The number of ether oxygens (including phenoxy) is 1. The number of nitriles is 1. The minimum atomic E-state index is -0.893. The molecular weight excluding hydrogens is 221 g/mol. The average Bonchev–Trinajstić information content (AvgIpc) is 2.30. The number of nitrogens with zero attached hydrogens (tertiary/aromatic N) is 1. The summed E-state index contributed by atoms with van der Waals surface area (Å²) in [6, 6.07) is 6.06. The van der Waals surface area contributed by atoms with Crippen LogP contribution < -0.4 is 4.74 Å². The maximum Gasteiger partial charge on any atom is 0.165 e. The van der Waals surface area contributed by atoms with Crippen molar-refractivity contribution >= 4 is 5.78 Å². The molecule has 0 amide bonds. The summed E-state index contributed by atoms with van der Waals surface area (Å²) in [6.45, 7) is 1.86. The summed E-state index contributed by atoms with van der Waals surface area (Å²) in [6.07, 6.45) is 1.00. The van der Waals surface area contributed by atoms with E-state index in [0.29, 0.717) is 18.4 Å². The monoisotopic (exact) mass is 235 g/mol. The van der Waals surface area contributed by atoms with Crippen LogP contribution in [0.15, 0.2) is 18.2 Å². The second kappa shape index (κ2) is 6.00. The summed E-state index contributed by atoms with van der Waals surface area (Å²) >= 11 is 0. The Morgan fingerprint density at radius 2 is 2.29 bits per heavy atom. The van der Waals surface area contributed by atoms with Gasteiger partial charge in [-0.2, -0.15) is 5.26 Å². The Hall–Kier alpha value is -1.89. The van der Waals surface area contributed by atoms with Gasteiger partial charge in [-0.3, -0.25) is 4.79 Å². The van der Waals surface area contributed by atoms with Gasteiger partial charge in [-0.15, -0.1) is 0 Å². The fourth-order valence-electron chi connectivity index (χ4n) is 1.59. The first-order valence-electron chi connectivity index (χ1n) is 5.39. The Balaban J connectivity index is 3.02. The summed E-state index contributed by atoms with van der Waals surface area (Å²) in [5.41, 5.74) is 0.379. The summed E-state index contributed by atoms with van der Waals surface area (Å²) in [5.74, 6) is -1.53. The molecule has 1 rings (SSSR count). The number of hydrogen-bond acceptors (Lipinski definition) is 3. The largest absolute Gasteiger partial charge is 0.494 e. The molecule has 0 bridgehead atoms. The van der Waals surface area contributed by atoms with E-state index in [1.165, 1.54) is 19.2 Å². The molecule has 1 aromatic carbocycles. The number of rotatable bonds is 5. The first kappa shape index (κ1) is 13.2. The van der Waals surface area contributed by atoms with Gasteiger partial charge in [-0.25, -0.2) is 4.39 Å². The number of benzene rings is 1. The van der Waals surface area contributed by atoms with Gasteiger partial charge >= 0.3 is 0 Å². The van der Waals surface area contributed by atoms with E-state index in [9.17, 15) is 9.18 Å². The van der Waals surface area contributed by atoms with E-state index in [0.717, 1.165) is 0 Å². The fraction of sp³-hybridized carbons (Fsp3) is 0.385. The van der Waals surface area contributed by atoms with Crippen molar-refractivity contribution in [1.82, 2.24) is 0 Å². The quantitative estimate of drug-likeness (QED) is 0.788. The Kier molecular flexibility index (Phi) is 4.65. The van der Waals surface area contributed by atoms with Gasteiger partial charge in [0, 0.05) is 6.42 Å². The molecule has 0 fully saturated rings. The Bertz CT molecular complexity index is 451. The second-order valence-corrected chi connectivity index (χ2v) is 3.67. The normalized spacial score (nSPS) is 11.6. The van der Waals surface area contributed by atoms with Crippen molar-refractivity contribution < 1.29 is 13.9 Å². The third-order valence-electron chi connectivity index (χ3n) is 2.46. The molecule has 0 heterocycles. The zero-order valence-electron chi connectivity index (χ0n) is 9.87. The molecule has 17 heavy (non-hydrogen) atoms. The van der Waals surface area contributed by atoms with Crippen molar-refractivity contribution in [3.05, 3.63) is 29.6 Å². The van der Waals surface area contributed by atoms with Gasteiger partial charge in [-0.1, -0.05) is 13.0 Å². The first-order chi connectivity index (χ1) is 8.13. The molecule has 0 N–H and O–H groups in total. The van der Waals surface area contributed by atoms with Gasteiger partial charge in [0.25, 0.3) is 0 Å². The molecule has 0 radical (unpaired) electrons. The SMILES string of the molecule is CCCC(=O)C(C#N)c1ccc(OC)c(F)c1. The van der Waals surface area contributed by atoms with Gasteiger partial charge < -0.3 is 4.74 Å². The smallest absolute Gasteiger partial charge is 0.165 e. The van der Waals surface area contributed by atoms with Gasteiger partial charge in [0.2, 0.25) is 0 Å². The van der Waals surface area contributed by atoms with Gasteiger partial charge in [0.1, 0.15) is 5.92 Å². The molecule has 4 heteroatoms. The van der Waals surface area contributed by atoms with E-state index in [-0.39, 0.29) is 11.5 Å². The second-order valence-electron chi connectivity index (χ2n) is 3.67. The van der Waals surface area contributed by atoms with Crippen molar-refractivity contribution in [2.75, 3.05) is 7.11 Å². The number of carbonyl (C=O) groups is 1. The molecule has 3 nitrogen and oxygen atoms in total. The number of Topliss-reactive ketones (excluding diaryl/α,β-unsaturated/α-hetero) is 1. The molecule has 1 atom stereocenters. The maximum absolute atomic E-state index is 13.5. The summed E-state index contributed by atoms with van der Waals surface area (Å²) in [7, 11) is 1.36. The fourth-order valence-corrected chi connectivity index (χ4v) is 1.59. The minimum absolute atomic E-state index is 0.105. The van der Waals surface area contributed by atoms with Gasteiger partial charge in [-0.05, 0) is 24.1 Å². The zero-order chi connectivity index (χ0) is 12.8. The predicted molar refractivity (Wildman–Crippen MR) is 61.2 cm³/mol. The standard InChI is InChI=1S/C13H14FNO2/c1-3-4-12(16)10(8-15)9-5-6-13(17-2)11(14)7-9/h5-7,10H,3-4H2,1-2H3. The summed E-state index contributed by atoms with van der Waals surface area (Å²) < 4.78 is 18.2. The highest BCUT2D eigenvalue weighted by Crippen LogP contribution is 2.24. The van der Waals surface area contributed by atoms with E-state index in [1.807, 2.05) is 13.0 Å². The highest BCUT2D eigenvalue weighted by Gasteiger charge is 2.20. The Labute approximate surface area is 99.8 Å². The number of ketones is 1. The van der Waals surface area contributed by atoms with Crippen LogP contribution in [0.4, 0.5) is 4.39 Å².